The normalized spacial score (nSPS) is 15.7. The molecule has 0 spiro atoms. The molecule has 6 nitrogen and oxygen atoms in total. The van der Waals surface area contributed by atoms with Gasteiger partial charge in [0.05, 0.1) is 19.3 Å². The Kier molecular flexibility index (Phi) is 5.98. The highest BCUT2D eigenvalue weighted by Crippen LogP contribution is 2.36. The smallest absolute Gasteiger partial charge is 0.258 e. The Morgan fingerprint density at radius 2 is 1.96 bits per heavy atom. The zero-order valence-corrected chi connectivity index (χ0v) is 15.6. The number of carbonyl (C=O) groups excluding carboxylic acids is 1. The molecule has 1 aliphatic heterocycles. The predicted molar refractivity (Wildman–Crippen MR) is 104 cm³/mol. The van der Waals surface area contributed by atoms with Crippen LogP contribution in [-0.2, 0) is 4.74 Å². The molecule has 2 aromatic carbocycles. The first kappa shape index (κ1) is 18.8. The van der Waals surface area contributed by atoms with Gasteiger partial charge in [-0.1, -0.05) is 24.3 Å². The number of ether oxygens (including phenoxy) is 3. The number of carbonyl (C=O) groups is 1. The van der Waals surface area contributed by atoms with Crippen molar-refractivity contribution < 1.29 is 19.0 Å². The van der Waals surface area contributed by atoms with Gasteiger partial charge in [-0.15, -0.1) is 6.58 Å². The molecule has 0 saturated heterocycles. The third-order valence-corrected chi connectivity index (χ3v) is 4.40. The van der Waals surface area contributed by atoms with E-state index in [1.54, 1.807) is 25.2 Å². The fourth-order valence-electron chi connectivity index (χ4n) is 3.09. The summed E-state index contributed by atoms with van der Waals surface area (Å²) >= 11 is 0. The lowest BCUT2D eigenvalue weighted by Gasteiger charge is -2.37. The number of amides is 1. The molecule has 1 aliphatic rings. The molecule has 1 atom stereocenters. The molecule has 1 unspecified atom stereocenters. The van der Waals surface area contributed by atoms with Crippen LogP contribution in [0.2, 0.25) is 0 Å². The summed E-state index contributed by atoms with van der Waals surface area (Å²) in [6.45, 7) is 5.14. The molecule has 0 radical (unpaired) electrons. The van der Waals surface area contributed by atoms with Crippen LogP contribution in [0.1, 0.15) is 22.1 Å². The number of benzene rings is 2. The summed E-state index contributed by atoms with van der Waals surface area (Å²) in [6.07, 6.45) is 1.40. The van der Waals surface area contributed by atoms with E-state index < -0.39 is 0 Å². The third kappa shape index (κ3) is 3.90. The van der Waals surface area contributed by atoms with E-state index >= 15 is 0 Å². The summed E-state index contributed by atoms with van der Waals surface area (Å²) in [5.41, 5.74) is 2.37. The van der Waals surface area contributed by atoms with Gasteiger partial charge in [-0.25, -0.2) is 0 Å². The van der Waals surface area contributed by atoms with Gasteiger partial charge in [0.25, 0.3) is 5.91 Å². The van der Waals surface area contributed by atoms with Gasteiger partial charge in [-0.3, -0.25) is 4.79 Å². The molecule has 1 amide bonds. The summed E-state index contributed by atoms with van der Waals surface area (Å²) in [4.78, 5) is 14.7. The van der Waals surface area contributed by atoms with Gasteiger partial charge in [0, 0.05) is 19.3 Å². The summed E-state index contributed by atoms with van der Waals surface area (Å²) < 4.78 is 16.2. The number of hydrogen-bond acceptors (Lipinski definition) is 5. The van der Waals surface area contributed by atoms with E-state index in [4.69, 9.17) is 14.2 Å². The average Bonchev–Trinajstić information content (AvgIpc) is 2.70. The molecule has 3 rings (SSSR count). The zero-order chi connectivity index (χ0) is 19.2. The van der Waals surface area contributed by atoms with Gasteiger partial charge in [0.2, 0.25) is 0 Å². The van der Waals surface area contributed by atoms with Gasteiger partial charge in [-0.05, 0) is 29.8 Å². The SMILES string of the molecule is C=CCN1C(=O)c2ccccc2NC1c1ccc(OCCOC)c(OC)c1. The molecule has 0 aliphatic carbocycles. The molecular formula is C21H24N2O4. The van der Waals surface area contributed by atoms with Crippen molar-refractivity contribution in [3.05, 3.63) is 66.2 Å². The number of rotatable bonds is 8. The van der Waals surface area contributed by atoms with E-state index in [2.05, 4.69) is 11.9 Å². The van der Waals surface area contributed by atoms with Crippen molar-refractivity contribution in [2.45, 2.75) is 6.17 Å². The summed E-state index contributed by atoms with van der Waals surface area (Å²) in [6, 6.07) is 13.2. The van der Waals surface area contributed by atoms with Crippen LogP contribution >= 0.6 is 0 Å². The zero-order valence-electron chi connectivity index (χ0n) is 15.6. The summed E-state index contributed by atoms with van der Waals surface area (Å²) in [5.74, 6) is 1.21. The fourth-order valence-corrected chi connectivity index (χ4v) is 3.09. The van der Waals surface area contributed by atoms with Crippen LogP contribution in [0.15, 0.2) is 55.1 Å². The highest BCUT2D eigenvalue weighted by atomic mass is 16.5. The van der Waals surface area contributed by atoms with Gasteiger partial charge >= 0.3 is 0 Å². The first-order chi connectivity index (χ1) is 13.2. The largest absolute Gasteiger partial charge is 0.493 e. The Morgan fingerprint density at radius 1 is 1.15 bits per heavy atom. The molecule has 0 bridgehead atoms. The Balaban J connectivity index is 1.93. The summed E-state index contributed by atoms with van der Waals surface area (Å²) in [5, 5.41) is 3.44. The topological polar surface area (TPSA) is 60.0 Å². The maximum absolute atomic E-state index is 13.0. The maximum Gasteiger partial charge on any atom is 0.258 e. The third-order valence-electron chi connectivity index (χ3n) is 4.40. The molecule has 1 heterocycles. The second kappa shape index (κ2) is 8.60. The van der Waals surface area contributed by atoms with Crippen molar-refractivity contribution in [3.63, 3.8) is 0 Å². The van der Waals surface area contributed by atoms with E-state index in [1.165, 1.54) is 0 Å². The van der Waals surface area contributed by atoms with E-state index in [0.717, 1.165) is 11.3 Å². The lowest BCUT2D eigenvalue weighted by atomic mass is 10.0. The van der Waals surface area contributed by atoms with Crippen LogP contribution < -0.4 is 14.8 Å². The van der Waals surface area contributed by atoms with Gasteiger partial charge < -0.3 is 24.4 Å². The molecule has 27 heavy (non-hydrogen) atoms. The Bertz CT molecular complexity index is 822. The standard InChI is InChI=1S/C21H24N2O4/c1-4-11-23-20(22-17-8-6-5-7-16(17)21(23)24)15-9-10-18(19(14-15)26-3)27-13-12-25-2/h4-10,14,20,22H,1,11-13H2,2-3H3. The Hall–Kier alpha value is -2.99. The van der Waals surface area contributed by atoms with Gasteiger partial charge in [-0.2, -0.15) is 0 Å². The predicted octanol–water partition coefficient (Wildman–Crippen LogP) is 3.47. The second-order valence-corrected chi connectivity index (χ2v) is 6.09. The highest BCUT2D eigenvalue weighted by molar-refractivity contribution is 6.01. The minimum absolute atomic E-state index is 0.0337. The first-order valence-electron chi connectivity index (χ1n) is 8.76. The van der Waals surface area contributed by atoms with Gasteiger partial charge in [0.1, 0.15) is 12.8 Å². The first-order valence-corrected chi connectivity index (χ1v) is 8.76. The maximum atomic E-state index is 13.0. The van der Waals surface area contributed by atoms with Crippen molar-refractivity contribution in [1.29, 1.82) is 0 Å². The fraction of sp³-hybridized carbons (Fsp3) is 0.286. The minimum atomic E-state index is -0.327. The quantitative estimate of drug-likeness (QED) is 0.571. The van der Waals surface area contributed by atoms with E-state index in [0.29, 0.717) is 36.8 Å². The Labute approximate surface area is 159 Å². The number of para-hydroxylation sites is 1. The van der Waals surface area contributed by atoms with Crippen molar-refractivity contribution in [3.8, 4) is 11.5 Å². The monoisotopic (exact) mass is 368 g/mol. The van der Waals surface area contributed by atoms with E-state index in [-0.39, 0.29) is 12.1 Å². The molecule has 2 aromatic rings. The van der Waals surface area contributed by atoms with Crippen molar-refractivity contribution in [2.24, 2.45) is 0 Å². The lowest BCUT2D eigenvalue weighted by Crippen LogP contribution is -2.42. The van der Waals surface area contributed by atoms with E-state index in [1.807, 2.05) is 42.5 Å². The molecule has 142 valence electrons. The molecule has 0 aromatic heterocycles. The molecule has 0 fully saturated rings. The Morgan fingerprint density at radius 3 is 2.70 bits per heavy atom. The van der Waals surface area contributed by atoms with Crippen molar-refractivity contribution >= 4 is 11.6 Å². The number of methoxy groups -OCH3 is 2. The molecule has 6 heteroatoms. The highest BCUT2D eigenvalue weighted by Gasteiger charge is 2.32. The van der Waals surface area contributed by atoms with Crippen LogP contribution in [0.5, 0.6) is 11.5 Å². The van der Waals surface area contributed by atoms with Crippen LogP contribution in [0.25, 0.3) is 0 Å². The number of nitrogens with zero attached hydrogens (tertiary/aromatic N) is 1. The van der Waals surface area contributed by atoms with Crippen molar-refractivity contribution in [2.75, 3.05) is 39.3 Å². The van der Waals surface area contributed by atoms with Crippen molar-refractivity contribution in [1.82, 2.24) is 4.90 Å². The number of nitrogens with one attached hydrogen (secondary N) is 1. The number of anilines is 1. The minimum Gasteiger partial charge on any atom is -0.493 e. The van der Waals surface area contributed by atoms with Crippen LogP contribution in [0.3, 0.4) is 0 Å². The second-order valence-electron chi connectivity index (χ2n) is 6.09. The average molecular weight is 368 g/mol. The molecule has 1 N–H and O–H groups in total. The number of hydrogen-bond donors (Lipinski definition) is 1. The number of fused-ring (bicyclic) bond motifs is 1. The van der Waals surface area contributed by atoms with Crippen LogP contribution in [-0.4, -0.2) is 44.8 Å². The molecule has 0 saturated carbocycles. The lowest BCUT2D eigenvalue weighted by molar-refractivity contribution is 0.0707. The van der Waals surface area contributed by atoms with Crippen LogP contribution in [0.4, 0.5) is 5.69 Å². The van der Waals surface area contributed by atoms with Gasteiger partial charge in [0.15, 0.2) is 11.5 Å². The van der Waals surface area contributed by atoms with Crippen LogP contribution in [0, 0.1) is 0 Å². The summed E-state index contributed by atoms with van der Waals surface area (Å²) in [7, 11) is 3.22. The van der Waals surface area contributed by atoms with E-state index in [9.17, 15) is 4.79 Å². The molecular weight excluding hydrogens is 344 g/mol.